The Morgan fingerprint density at radius 1 is 1.54 bits per heavy atom. The molecule has 2 aromatic heterocycles. The molecular weight excluding hydrogens is 184 g/mol. The lowest BCUT2D eigenvalue weighted by Crippen LogP contribution is -1.97. The van der Waals surface area contributed by atoms with E-state index in [0.717, 1.165) is 17.0 Å². The van der Waals surface area contributed by atoms with Crippen LogP contribution in [-0.2, 0) is 7.05 Å². The molecule has 0 amide bonds. The number of hydrogen-bond donors (Lipinski definition) is 1. The van der Waals surface area contributed by atoms with Gasteiger partial charge >= 0.3 is 0 Å². The van der Waals surface area contributed by atoms with Gasteiger partial charge in [-0.15, -0.1) is 0 Å². The fourth-order valence-corrected chi connectivity index (χ4v) is 1.73. The second-order valence-electron chi connectivity index (χ2n) is 2.87. The third-order valence-electron chi connectivity index (χ3n) is 2.02. The van der Waals surface area contributed by atoms with Crippen LogP contribution >= 0.6 is 11.5 Å². The number of nitrogens with two attached hydrogens (primary N) is 1. The average molecular weight is 194 g/mol. The van der Waals surface area contributed by atoms with E-state index in [2.05, 4.69) is 9.47 Å². The van der Waals surface area contributed by atoms with Gasteiger partial charge < -0.3 is 5.73 Å². The van der Waals surface area contributed by atoms with Gasteiger partial charge in [0.15, 0.2) is 0 Å². The summed E-state index contributed by atoms with van der Waals surface area (Å²) >= 11 is 1.42. The van der Waals surface area contributed by atoms with Gasteiger partial charge in [-0.25, -0.2) is 0 Å². The number of nitrogen functional groups attached to an aromatic ring is 1. The summed E-state index contributed by atoms with van der Waals surface area (Å²) in [5.74, 6) is 0.697. The molecule has 13 heavy (non-hydrogen) atoms. The number of aryl methyl sites for hydroxylation is 1. The maximum absolute atomic E-state index is 5.78. The number of rotatable bonds is 1. The Morgan fingerprint density at radius 3 is 2.77 bits per heavy atom. The van der Waals surface area contributed by atoms with Gasteiger partial charge in [-0.3, -0.25) is 4.68 Å². The summed E-state index contributed by atoms with van der Waals surface area (Å²) < 4.78 is 5.88. The molecule has 0 aliphatic heterocycles. The summed E-state index contributed by atoms with van der Waals surface area (Å²) in [6, 6.07) is 1.94. The quantitative estimate of drug-likeness (QED) is 0.747. The van der Waals surface area contributed by atoms with E-state index in [4.69, 9.17) is 5.73 Å². The van der Waals surface area contributed by atoms with Crippen molar-refractivity contribution in [2.24, 2.45) is 7.05 Å². The van der Waals surface area contributed by atoms with Crippen LogP contribution in [0.25, 0.3) is 11.4 Å². The van der Waals surface area contributed by atoms with Crippen molar-refractivity contribution < 1.29 is 0 Å². The Morgan fingerprint density at radius 2 is 2.31 bits per heavy atom. The van der Waals surface area contributed by atoms with Crippen molar-refractivity contribution in [3.05, 3.63) is 17.0 Å². The molecule has 0 aromatic carbocycles. The third kappa shape index (κ3) is 1.21. The van der Waals surface area contributed by atoms with Gasteiger partial charge in [0.2, 0.25) is 0 Å². The van der Waals surface area contributed by atoms with E-state index in [-0.39, 0.29) is 0 Å². The van der Waals surface area contributed by atoms with Gasteiger partial charge in [0.05, 0.1) is 0 Å². The highest BCUT2D eigenvalue weighted by Gasteiger charge is 2.12. The number of hydrogen-bond acceptors (Lipinski definition) is 4. The molecule has 0 saturated heterocycles. The molecule has 68 valence electrons. The lowest BCUT2D eigenvalue weighted by Gasteiger charge is -1.91. The van der Waals surface area contributed by atoms with Crippen molar-refractivity contribution in [3.63, 3.8) is 0 Å². The Balaban J connectivity index is 2.59. The van der Waals surface area contributed by atoms with Crippen LogP contribution in [-0.4, -0.2) is 14.2 Å². The smallest absolute Gasteiger partial charge is 0.124 e. The zero-order chi connectivity index (χ0) is 9.42. The molecule has 2 N–H and O–H groups in total. The molecule has 0 unspecified atom stereocenters. The van der Waals surface area contributed by atoms with Gasteiger partial charge in [0, 0.05) is 18.0 Å². The Kier molecular flexibility index (Phi) is 1.81. The average Bonchev–Trinajstić information content (AvgIpc) is 2.70. The summed E-state index contributed by atoms with van der Waals surface area (Å²) in [6.07, 6.45) is 0. The monoisotopic (exact) mass is 194 g/mol. The second kappa shape index (κ2) is 2.85. The van der Waals surface area contributed by atoms with Gasteiger partial charge in [-0.2, -0.15) is 9.47 Å². The Labute approximate surface area is 80.2 Å². The van der Waals surface area contributed by atoms with E-state index in [1.807, 2.05) is 25.4 Å². The highest BCUT2D eigenvalue weighted by atomic mass is 32.1. The van der Waals surface area contributed by atoms with Crippen LogP contribution in [0.15, 0.2) is 11.4 Å². The maximum atomic E-state index is 5.78. The lowest BCUT2D eigenvalue weighted by atomic mass is 10.2. The van der Waals surface area contributed by atoms with Gasteiger partial charge in [-0.1, -0.05) is 0 Å². The van der Waals surface area contributed by atoms with Gasteiger partial charge in [0.1, 0.15) is 17.2 Å². The molecule has 0 aliphatic rings. The minimum atomic E-state index is 0.697. The van der Waals surface area contributed by atoms with E-state index in [0.29, 0.717) is 5.82 Å². The summed E-state index contributed by atoms with van der Waals surface area (Å²) in [6.45, 7) is 1.96. The molecule has 4 nitrogen and oxygen atoms in total. The fourth-order valence-electron chi connectivity index (χ4n) is 1.22. The second-order valence-corrected chi connectivity index (χ2v) is 3.53. The van der Waals surface area contributed by atoms with Crippen LogP contribution in [0.1, 0.15) is 5.56 Å². The first-order chi connectivity index (χ1) is 6.20. The first-order valence-corrected chi connectivity index (χ1v) is 4.73. The summed E-state index contributed by atoms with van der Waals surface area (Å²) in [7, 11) is 1.83. The highest BCUT2D eigenvalue weighted by Crippen LogP contribution is 2.24. The predicted octanol–water partition coefficient (Wildman–Crippen LogP) is 1.43. The van der Waals surface area contributed by atoms with E-state index in [1.54, 1.807) is 4.68 Å². The van der Waals surface area contributed by atoms with E-state index < -0.39 is 0 Å². The van der Waals surface area contributed by atoms with E-state index >= 15 is 0 Å². The van der Waals surface area contributed by atoms with Crippen molar-refractivity contribution in [1.82, 2.24) is 14.2 Å². The van der Waals surface area contributed by atoms with Crippen molar-refractivity contribution >= 4 is 17.4 Å². The number of aromatic nitrogens is 3. The Hall–Kier alpha value is -1.36. The van der Waals surface area contributed by atoms with Gasteiger partial charge in [0.25, 0.3) is 0 Å². The number of anilines is 1. The molecule has 2 heterocycles. The van der Waals surface area contributed by atoms with Crippen LogP contribution in [0.2, 0.25) is 0 Å². The van der Waals surface area contributed by atoms with Crippen molar-refractivity contribution in [2.45, 2.75) is 6.92 Å². The van der Waals surface area contributed by atoms with Crippen LogP contribution in [0.3, 0.4) is 0 Å². The first kappa shape index (κ1) is 8.25. The Bertz CT molecular complexity index is 416. The van der Waals surface area contributed by atoms with Crippen LogP contribution in [0, 0.1) is 6.92 Å². The fraction of sp³-hybridized carbons (Fsp3) is 0.250. The normalized spacial score (nSPS) is 10.6. The minimum Gasteiger partial charge on any atom is -0.384 e. The molecule has 2 rings (SSSR count). The topological polar surface area (TPSA) is 56.7 Å². The molecule has 0 bridgehead atoms. The minimum absolute atomic E-state index is 0.697. The zero-order valence-electron chi connectivity index (χ0n) is 7.48. The molecular formula is C8H10N4S. The third-order valence-corrected chi connectivity index (χ3v) is 2.58. The van der Waals surface area contributed by atoms with Crippen LogP contribution in [0.4, 0.5) is 5.82 Å². The van der Waals surface area contributed by atoms with E-state index in [1.165, 1.54) is 11.5 Å². The molecule has 0 spiro atoms. The molecule has 0 radical (unpaired) electrons. The molecule has 0 aliphatic carbocycles. The standard InChI is InChI=1S/C8H10N4S/c1-5-7(6-3-4-13-11-6)10-12(2)8(5)9/h3-4H,9H2,1-2H3. The zero-order valence-corrected chi connectivity index (χ0v) is 8.30. The highest BCUT2D eigenvalue weighted by molar-refractivity contribution is 7.03. The predicted molar refractivity (Wildman–Crippen MR) is 53.5 cm³/mol. The maximum Gasteiger partial charge on any atom is 0.124 e. The molecule has 0 saturated carbocycles. The van der Waals surface area contributed by atoms with Crippen LogP contribution in [0.5, 0.6) is 0 Å². The van der Waals surface area contributed by atoms with Gasteiger partial charge in [-0.05, 0) is 24.5 Å². The van der Waals surface area contributed by atoms with Crippen molar-refractivity contribution in [3.8, 4) is 11.4 Å². The molecule has 5 heteroatoms. The molecule has 0 atom stereocenters. The number of nitrogens with zero attached hydrogens (tertiary/aromatic N) is 3. The van der Waals surface area contributed by atoms with Crippen molar-refractivity contribution in [2.75, 3.05) is 5.73 Å². The van der Waals surface area contributed by atoms with Crippen molar-refractivity contribution in [1.29, 1.82) is 0 Å². The first-order valence-electron chi connectivity index (χ1n) is 3.90. The summed E-state index contributed by atoms with van der Waals surface area (Å²) in [5.41, 5.74) is 8.55. The van der Waals surface area contributed by atoms with E-state index in [9.17, 15) is 0 Å². The summed E-state index contributed by atoms with van der Waals surface area (Å²) in [4.78, 5) is 0. The molecule has 2 aromatic rings. The lowest BCUT2D eigenvalue weighted by molar-refractivity contribution is 0.781. The summed E-state index contributed by atoms with van der Waals surface area (Å²) in [5, 5.41) is 6.22. The van der Waals surface area contributed by atoms with Crippen LogP contribution < -0.4 is 5.73 Å². The molecule has 0 fully saturated rings. The SMILES string of the molecule is Cc1c(-c2ccsn2)nn(C)c1N. The largest absolute Gasteiger partial charge is 0.384 e.